The summed E-state index contributed by atoms with van der Waals surface area (Å²) in [5.41, 5.74) is -0.898. The molecule has 1 N–H and O–H groups in total. The molecular formula is C18H15NO6. The van der Waals surface area contributed by atoms with Gasteiger partial charge in [-0.25, -0.2) is 4.79 Å². The lowest BCUT2D eigenvalue weighted by atomic mass is 10.1. The molecule has 128 valence electrons. The third-order valence-electron chi connectivity index (χ3n) is 3.73. The smallest absolute Gasteiger partial charge is 0.419 e. The number of nitrogens with zero attached hydrogens (tertiary/aromatic N) is 1. The first-order valence-electron chi connectivity index (χ1n) is 7.67. The van der Waals surface area contributed by atoms with Gasteiger partial charge in [-0.1, -0.05) is 30.3 Å². The lowest BCUT2D eigenvalue weighted by Crippen LogP contribution is -2.07. The number of rotatable bonds is 6. The molecule has 0 bridgehead atoms. The van der Waals surface area contributed by atoms with Crippen molar-refractivity contribution in [2.24, 2.45) is 0 Å². The highest BCUT2D eigenvalue weighted by atomic mass is 16.6. The second-order valence-corrected chi connectivity index (χ2v) is 5.44. The number of aromatic hydroxyl groups is 1. The predicted molar refractivity (Wildman–Crippen MR) is 91.1 cm³/mol. The summed E-state index contributed by atoms with van der Waals surface area (Å²) in [6, 6.07) is 14.4. The summed E-state index contributed by atoms with van der Waals surface area (Å²) in [5, 5.41) is 20.9. The van der Waals surface area contributed by atoms with Gasteiger partial charge in [0.1, 0.15) is 11.3 Å². The topological polar surface area (TPSA) is 103 Å². The van der Waals surface area contributed by atoms with Gasteiger partial charge in [-0.15, -0.1) is 0 Å². The largest absolute Gasteiger partial charge is 0.501 e. The molecule has 0 aliphatic heterocycles. The van der Waals surface area contributed by atoms with Crippen molar-refractivity contribution in [3.8, 4) is 11.5 Å². The Morgan fingerprint density at radius 2 is 1.92 bits per heavy atom. The number of hydrogen-bond acceptors (Lipinski definition) is 6. The molecule has 1 aromatic heterocycles. The zero-order valence-corrected chi connectivity index (χ0v) is 13.2. The van der Waals surface area contributed by atoms with Crippen LogP contribution in [0, 0.1) is 10.1 Å². The van der Waals surface area contributed by atoms with Crippen LogP contribution in [-0.4, -0.2) is 16.6 Å². The van der Waals surface area contributed by atoms with E-state index >= 15 is 0 Å². The molecule has 7 heteroatoms. The Morgan fingerprint density at radius 3 is 2.64 bits per heavy atom. The minimum Gasteiger partial charge on any atom is -0.501 e. The number of ether oxygens (including phenoxy) is 1. The van der Waals surface area contributed by atoms with Gasteiger partial charge in [-0.05, 0) is 36.6 Å². The number of nitro groups is 1. The Balaban J connectivity index is 1.74. The fourth-order valence-corrected chi connectivity index (χ4v) is 2.52. The van der Waals surface area contributed by atoms with Crippen LogP contribution in [0.5, 0.6) is 11.5 Å². The number of benzene rings is 2. The van der Waals surface area contributed by atoms with Crippen molar-refractivity contribution >= 4 is 16.7 Å². The molecule has 0 fully saturated rings. The third kappa shape index (κ3) is 3.60. The summed E-state index contributed by atoms with van der Waals surface area (Å²) in [4.78, 5) is 21.4. The summed E-state index contributed by atoms with van der Waals surface area (Å²) in [5.74, 6) is -0.287. The molecule has 0 saturated carbocycles. The van der Waals surface area contributed by atoms with Crippen LogP contribution in [0.25, 0.3) is 11.0 Å². The lowest BCUT2D eigenvalue weighted by molar-refractivity contribution is -0.388. The van der Waals surface area contributed by atoms with Crippen molar-refractivity contribution in [3.05, 3.63) is 74.6 Å². The zero-order valence-electron chi connectivity index (χ0n) is 13.2. The predicted octanol–water partition coefficient (Wildman–Crippen LogP) is 3.42. The SMILES string of the molecule is O=c1oc2ccc(OCCCc3ccccc3)cc2c(O)c1[N+](=O)[O-]. The van der Waals surface area contributed by atoms with E-state index in [0.717, 1.165) is 12.8 Å². The van der Waals surface area contributed by atoms with Crippen molar-refractivity contribution in [2.45, 2.75) is 12.8 Å². The monoisotopic (exact) mass is 341 g/mol. The van der Waals surface area contributed by atoms with Gasteiger partial charge in [0.25, 0.3) is 0 Å². The molecule has 1 heterocycles. The number of aryl methyl sites for hydroxylation is 1. The van der Waals surface area contributed by atoms with Gasteiger partial charge in [-0.3, -0.25) is 10.1 Å². The van der Waals surface area contributed by atoms with Crippen molar-refractivity contribution in [1.29, 1.82) is 0 Å². The van der Waals surface area contributed by atoms with Gasteiger partial charge in [0.15, 0.2) is 0 Å². The van der Waals surface area contributed by atoms with Crippen LogP contribution in [0.4, 0.5) is 5.69 Å². The normalized spacial score (nSPS) is 10.7. The highest BCUT2D eigenvalue weighted by Gasteiger charge is 2.24. The summed E-state index contributed by atoms with van der Waals surface area (Å²) in [7, 11) is 0. The molecule has 3 rings (SSSR count). The fourth-order valence-electron chi connectivity index (χ4n) is 2.52. The van der Waals surface area contributed by atoms with Gasteiger partial charge < -0.3 is 14.3 Å². The van der Waals surface area contributed by atoms with E-state index in [4.69, 9.17) is 9.15 Å². The molecule has 0 unspecified atom stereocenters. The number of fused-ring (bicyclic) bond motifs is 1. The summed E-state index contributed by atoms with van der Waals surface area (Å²) >= 11 is 0. The minimum atomic E-state index is -1.19. The van der Waals surface area contributed by atoms with E-state index in [1.807, 2.05) is 30.3 Å². The molecule has 0 amide bonds. The van der Waals surface area contributed by atoms with Gasteiger partial charge in [0, 0.05) is 0 Å². The van der Waals surface area contributed by atoms with E-state index in [9.17, 15) is 20.0 Å². The Kier molecular flexibility index (Phi) is 4.65. The highest BCUT2D eigenvalue weighted by Crippen LogP contribution is 2.33. The molecule has 3 aromatic rings. The quantitative estimate of drug-likeness (QED) is 0.319. The van der Waals surface area contributed by atoms with Crippen molar-refractivity contribution in [1.82, 2.24) is 0 Å². The van der Waals surface area contributed by atoms with Gasteiger partial charge in [-0.2, -0.15) is 0 Å². The number of hydrogen-bond donors (Lipinski definition) is 1. The van der Waals surface area contributed by atoms with Crippen molar-refractivity contribution in [3.63, 3.8) is 0 Å². The van der Waals surface area contributed by atoms with Crippen LogP contribution >= 0.6 is 0 Å². The molecule has 0 aliphatic rings. The summed E-state index contributed by atoms with van der Waals surface area (Å²) in [6.45, 7) is 0.444. The van der Waals surface area contributed by atoms with Crippen LogP contribution in [0.2, 0.25) is 0 Å². The van der Waals surface area contributed by atoms with E-state index in [1.165, 1.54) is 17.7 Å². The van der Waals surface area contributed by atoms with Crippen LogP contribution < -0.4 is 10.4 Å². The molecule has 0 saturated heterocycles. The second kappa shape index (κ2) is 7.04. The molecule has 0 spiro atoms. The first kappa shape index (κ1) is 16.5. The third-order valence-corrected chi connectivity index (χ3v) is 3.73. The van der Waals surface area contributed by atoms with Crippen LogP contribution in [-0.2, 0) is 6.42 Å². The minimum absolute atomic E-state index is 0.0599. The average Bonchev–Trinajstić information content (AvgIpc) is 2.60. The highest BCUT2D eigenvalue weighted by molar-refractivity contribution is 5.87. The lowest BCUT2D eigenvalue weighted by Gasteiger charge is -2.08. The Hall–Kier alpha value is -3.35. The molecule has 25 heavy (non-hydrogen) atoms. The average molecular weight is 341 g/mol. The van der Waals surface area contributed by atoms with Crippen LogP contribution in [0.1, 0.15) is 12.0 Å². The van der Waals surface area contributed by atoms with Crippen LogP contribution in [0.15, 0.2) is 57.7 Å². The fraction of sp³-hybridized carbons (Fsp3) is 0.167. The molecule has 0 radical (unpaired) electrons. The van der Waals surface area contributed by atoms with E-state index in [2.05, 4.69) is 0 Å². The summed E-state index contributed by atoms with van der Waals surface area (Å²) in [6.07, 6.45) is 1.65. The van der Waals surface area contributed by atoms with Crippen molar-refractivity contribution in [2.75, 3.05) is 6.61 Å². The molecule has 7 nitrogen and oxygen atoms in total. The maximum atomic E-state index is 11.5. The standard InChI is InChI=1S/C18H15NO6/c20-17-14-11-13(24-10-4-7-12-5-2-1-3-6-12)8-9-15(14)25-18(21)16(17)19(22)23/h1-3,5-6,8-9,11,20H,4,7,10H2. The van der Waals surface area contributed by atoms with E-state index in [1.54, 1.807) is 6.07 Å². The maximum Gasteiger partial charge on any atom is 0.419 e. The molecule has 2 aromatic carbocycles. The van der Waals surface area contributed by atoms with Crippen LogP contribution in [0.3, 0.4) is 0 Å². The Bertz CT molecular complexity index is 964. The molecule has 0 aliphatic carbocycles. The first-order valence-corrected chi connectivity index (χ1v) is 7.67. The Labute approximate surface area is 142 Å². The van der Waals surface area contributed by atoms with Gasteiger partial charge in [0.05, 0.1) is 16.9 Å². The van der Waals surface area contributed by atoms with Gasteiger partial charge >= 0.3 is 11.3 Å². The van der Waals surface area contributed by atoms with E-state index in [0.29, 0.717) is 12.4 Å². The Morgan fingerprint density at radius 1 is 1.16 bits per heavy atom. The van der Waals surface area contributed by atoms with Gasteiger partial charge in [0.2, 0.25) is 5.75 Å². The van der Waals surface area contributed by atoms with E-state index in [-0.39, 0.29) is 11.0 Å². The summed E-state index contributed by atoms with van der Waals surface area (Å²) < 4.78 is 10.5. The first-order chi connectivity index (χ1) is 12.1. The van der Waals surface area contributed by atoms with E-state index < -0.39 is 22.0 Å². The molecular weight excluding hydrogens is 326 g/mol. The second-order valence-electron chi connectivity index (χ2n) is 5.44. The maximum absolute atomic E-state index is 11.5. The molecule has 0 atom stereocenters. The van der Waals surface area contributed by atoms with Crippen molar-refractivity contribution < 1.29 is 19.2 Å². The zero-order chi connectivity index (χ0) is 17.8.